The van der Waals surface area contributed by atoms with Crippen LogP contribution < -0.4 is 9.47 Å². The average molecular weight is 192 g/mol. The molecule has 1 heterocycles. The van der Waals surface area contributed by atoms with Gasteiger partial charge < -0.3 is 9.47 Å². The molecule has 0 saturated carbocycles. The van der Waals surface area contributed by atoms with Crippen LogP contribution in [-0.2, 0) is 6.42 Å². The lowest BCUT2D eigenvalue weighted by Crippen LogP contribution is -2.11. The van der Waals surface area contributed by atoms with Crippen molar-refractivity contribution < 1.29 is 14.3 Å². The van der Waals surface area contributed by atoms with E-state index in [0.717, 1.165) is 30.4 Å². The van der Waals surface area contributed by atoms with Crippen molar-refractivity contribution in [2.45, 2.75) is 12.8 Å². The van der Waals surface area contributed by atoms with Crippen LogP contribution in [0.25, 0.3) is 0 Å². The molecule has 3 nitrogen and oxygen atoms in total. The third-order valence-corrected chi connectivity index (χ3v) is 2.43. The van der Waals surface area contributed by atoms with Gasteiger partial charge in [0.2, 0.25) is 0 Å². The standard InChI is InChI=1S/C11H12O3/c1-13-10-5-4-8(7-12)9-3-2-6-14-11(9)10/h4-5,7H,2-3,6H2,1H3. The minimum atomic E-state index is 0.700. The van der Waals surface area contributed by atoms with E-state index >= 15 is 0 Å². The van der Waals surface area contributed by atoms with Crippen molar-refractivity contribution in [1.29, 1.82) is 0 Å². The Morgan fingerprint density at radius 2 is 2.36 bits per heavy atom. The fraction of sp³-hybridized carbons (Fsp3) is 0.364. The van der Waals surface area contributed by atoms with Gasteiger partial charge in [-0.2, -0.15) is 0 Å². The van der Waals surface area contributed by atoms with Gasteiger partial charge in [0.25, 0.3) is 0 Å². The number of carbonyl (C=O) groups is 1. The van der Waals surface area contributed by atoms with Gasteiger partial charge in [-0.05, 0) is 25.0 Å². The molecule has 0 spiro atoms. The lowest BCUT2D eigenvalue weighted by atomic mass is 10.0. The zero-order valence-corrected chi connectivity index (χ0v) is 8.08. The number of benzene rings is 1. The van der Waals surface area contributed by atoms with Crippen LogP contribution >= 0.6 is 0 Å². The zero-order valence-electron chi connectivity index (χ0n) is 8.08. The van der Waals surface area contributed by atoms with E-state index in [2.05, 4.69) is 0 Å². The second-order valence-electron chi connectivity index (χ2n) is 3.23. The Bertz CT molecular complexity index is 358. The summed E-state index contributed by atoms with van der Waals surface area (Å²) in [4.78, 5) is 10.8. The lowest BCUT2D eigenvalue weighted by molar-refractivity contribution is 0.112. The van der Waals surface area contributed by atoms with Gasteiger partial charge in [0.05, 0.1) is 13.7 Å². The molecule has 0 bridgehead atoms. The van der Waals surface area contributed by atoms with Gasteiger partial charge in [-0.15, -0.1) is 0 Å². The van der Waals surface area contributed by atoms with E-state index in [0.29, 0.717) is 17.9 Å². The van der Waals surface area contributed by atoms with Crippen LogP contribution in [0.5, 0.6) is 11.5 Å². The van der Waals surface area contributed by atoms with Crippen LogP contribution in [0.4, 0.5) is 0 Å². The van der Waals surface area contributed by atoms with Crippen molar-refractivity contribution in [1.82, 2.24) is 0 Å². The largest absolute Gasteiger partial charge is 0.493 e. The number of hydrogen-bond donors (Lipinski definition) is 0. The molecule has 0 unspecified atom stereocenters. The van der Waals surface area contributed by atoms with Crippen molar-refractivity contribution >= 4 is 6.29 Å². The Balaban J connectivity index is 2.55. The predicted octanol–water partition coefficient (Wildman–Crippen LogP) is 1.83. The molecule has 1 aromatic rings. The van der Waals surface area contributed by atoms with Gasteiger partial charge in [-0.25, -0.2) is 0 Å². The molecule has 0 saturated heterocycles. The number of ether oxygens (including phenoxy) is 2. The number of methoxy groups -OCH3 is 1. The highest BCUT2D eigenvalue weighted by Crippen LogP contribution is 2.36. The fourth-order valence-corrected chi connectivity index (χ4v) is 1.73. The third kappa shape index (κ3) is 1.35. The Kier molecular flexibility index (Phi) is 2.39. The SMILES string of the molecule is COc1ccc(C=O)c2c1OCCC2. The lowest BCUT2D eigenvalue weighted by Gasteiger charge is -2.20. The number of rotatable bonds is 2. The van der Waals surface area contributed by atoms with E-state index in [4.69, 9.17) is 9.47 Å². The van der Waals surface area contributed by atoms with Crippen molar-refractivity contribution in [2.24, 2.45) is 0 Å². The van der Waals surface area contributed by atoms with Gasteiger partial charge in [-0.3, -0.25) is 4.79 Å². The molecule has 0 amide bonds. The van der Waals surface area contributed by atoms with Crippen LogP contribution in [0.1, 0.15) is 22.3 Å². The van der Waals surface area contributed by atoms with Crippen LogP contribution in [0.15, 0.2) is 12.1 Å². The molecular weight excluding hydrogens is 180 g/mol. The maximum atomic E-state index is 10.8. The quantitative estimate of drug-likeness (QED) is 0.670. The van der Waals surface area contributed by atoms with Gasteiger partial charge in [0, 0.05) is 11.1 Å². The molecule has 1 aliphatic rings. The first-order valence-electron chi connectivity index (χ1n) is 4.64. The molecule has 3 heteroatoms. The summed E-state index contributed by atoms with van der Waals surface area (Å²) in [5.41, 5.74) is 1.69. The number of fused-ring (bicyclic) bond motifs is 1. The predicted molar refractivity (Wildman–Crippen MR) is 52.2 cm³/mol. The average Bonchev–Trinajstić information content (AvgIpc) is 2.27. The maximum Gasteiger partial charge on any atom is 0.165 e. The van der Waals surface area contributed by atoms with Crippen LogP contribution in [-0.4, -0.2) is 20.0 Å². The Morgan fingerprint density at radius 1 is 1.50 bits per heavy atom. The summed E-state index contributed by atoms with van der Waals surface area (Å²) in [7, 11) is 1.61. The summed E-state index contributed by atoms with van der Waals surface area (Å²) < 4.78 is 10.7. The van der Waals surface area contributed by atoms with E-state index in [-0.39, 0.29) is 0 Å². The van der Waals surface area contributed by atoms with Crippen molar-refractivity contribution in [3.63, 3.8) is 0 Å². The Morgan fingerprint density at radius 3 is 3.07 bits per heavy atom. The molecule has 1 aliphatic heterocycles. The molecule has 0 N–H and O–H groups in total. The van der Waals surface area contributed by atoms with Crippen LogP contribution in [0, 0.1) is 0 Å². The molecule has 2 rings (SSSR count). The molecule has 14 heavy (non-hydrogen) atoms. The summed E-state index contributed by atoms with van der Waals surface area (Å²) in [6, 6.07) is 3.55. The smallest absolute Gasteiger partial charge is 0.165 e. The topological polar surface area (TPSA) is 35.5 Å². The highest BCUT2D eigenvalue weighted by atomic mass is 16.5. The summed E-state index contributed by atoms with van der Waals surface area (Å²) in [6.07, 6.45) is 2.72. The molecular formula is C11H12O3. The van der Waals surface area contributed by atoms with Gasteiger partial charge in [-0.1, -0.05) is 0 Å². The van der Waals surface area contributed by atoms with Gasteiger partial charge in [0.15, 0.2) is 11.5 Å². The first-order valence-corrected chi connectivity index (χ1v) is 4.64. The zero-order chi connectivity index (χ0) is 9.97. The highest BCUT2D eigenvalue weighted by molar-refractivity contribution is 5.80. The molecule has 0 aromatic heterocycles. The molecule has 1 aromatic carbocycles. The minimum absolute atomic E-state index is 0.700. The molecule has 0 atom stereocenters. The van der Waals surface area contributed by atoms with Crippen molar-refractivity contribution in [2.75, 3.05) is 13.7 Å². The van der Waals surface area contributed by atoms with E-state index in [1.54, 1.807) is 19.2 Å². The number of aldehydes is 1. The second kappa shape index (κ2) is 3.70. The van der Waals surface area contributed by atoms with Crippen molar-refractivity contribution in [3.05, 3.63) is 23.3 Å². The van der Waals surface area contributed by atoms with Gasteiger partial charge >= 0.3 is 0 Å². The third-order valence-electron chi connectivity index (χ3n) is 2.43. The van der Waals surface area contributed by atoms with Crippen LogP contribution in [0.3, 0.4) is 0 Å². The summed E-state index contributed by atoms with van der Waals surface area (Å²) in [5, 5.41) is 0. The Labute approximate surface area is 82.6 Å². The summed E-state index contributed by atoms with van der Waals surface area (Å²) in [6.45, 7) is 0.700. The maximum absolute atomic E-state index is 10.8. The molecule has 0 aliphatic carbocycles. The summed E-state index contributed by atoms with van der Waals surface area (Å²) in [5.74, 6) is 1.45. The molecule has 0 fully saturated rings. The fourth-order valence-electron chi connectivity index (χ4n) is 1.73. The van der Waals surface area contributed by atoms with Crippen molar-refractivity contribution in [3.8, 4) is 11.5 Å². The minimum Gasteiger partial charge on any atom is -0.493 e. The number of carbonyl (C=O) groups excluding carboxylic acids is 1. The normalized spacial score (nSPS) is 14.1. The van der Waals surface area contributed by atoms with E-state index < -0.39 is 0 Å². The first kappa shape index (κ1) is 9.06. The van der Waals surface area contributed by atoms with Gasteiger partial charge in [0.1, 0.15) is 6.29 Å². The molecule has 74 valence electrons. The highest BCUT2D eigenvalue weighted by Gasteiger charge is 2.18. The van der Waals surface area contributed by atoms with E-state index in [1.165, 1.54) is 0 Å². The monoisotopic (exact) mass is 192 g/mol. The van der Waals surface area contributed by atoms with E-state index in [1.807, 2.05) is 0 Å². The first-order chi connectivity index (χ1) is 6.86. The summed E-state index contributed by atoms with van der Waals surface area (Å²) >= 11 is 0. The number of hydrogen-bond acceptors (Lipinski definition) is 3. The van der Waals surface area contributed by atoms with E-state index in [9.17, 15) is 4.79 Å². The molecule has 0 radical (unpaired) electrons. The van der Waals surface area contributed by atoms with Crippen LogP contribution in [0.2, 0.25) is 0 Å². The second-order valence-corrected chi connectivity index (χ2v) is 3.23. The Hall–Kier alpha value is -1.51.